The van der Waals surface area contributed by atoms with Gasteiger partial charge in [-0.05, 0) is 68.2 Å². The van der Waals surface area contributed by atoms with Gasteiger partial charge in [0.15, 0.2) is 11.3 Å². The maximum atomic E-state index is 12.8. The Morgan fingerprint density at radius 3 is 2.55 bits per heavy atom. The molecule has 234 valence electrons. The van der Waals surface area contributed by atoms with Crippen molar-refractivity contribution in [2.75, 3.05) is 25.4 Å². The second-order valence-corrected chi connectivity index (χ2v) is 12.3. The number of nitrogens with one attached hydrogen (secondary N) is 1. The van der Waals surface area contributed by atoms with Crippen LogP contribution in [0.3, 0.4) is 0 Å². The van der Waals surface area contributed by atoms with E-state index in [2.05, 4.69) is 62.0 Å². The Labute approximate surface area is 273 Å². The number of imidazole rings is 1. The predicted octanol–water partition coefficient (Wildman–Crippen LogP) is 5.51. The van der Waals surface area contributed by atoms with E-state index in [4.69, 9.17) is 15.7 Å². The third-order valence-corrected chi connectivity index (χ3v) is 9.09. The third-order valence-electron chi connectivity index (χ3n) is 9.09. The molecule has 47 heavy (non-hydrogen) atoms. The van der Waals surface area contributed by atoms with Crippen molar-refractivity contribution in [1.82, 2.24) is 34.7 Å². The molecule has 10 nitrogen and oxygen atoms in total. The SMILES string of the molecule is CC1(n2c(-c3cccnc3N)nc3ccc(-c4ccccc4)nc32)C=CC(CN2CCC(NC(=O)c3cccnc3C#N)CC2)=CC1. The van der Waals surface area contributed by atoms with Gasteiger partial charge in [0.1, 0.15) is 23.2 Å². The number of fused-ring (bicyclic) bond motifs is 1. The van der Waals surface area contributed by atoms with Gasteiger partial charge in [0.05, 0.1) is 22.4 Å². The van der Waals surface area contributed by atoms with Gasteiger partial charge in [-0.25, -0.2) is 19.9 Å². The van der Waals surface area contributed by atoms with Gasteiger partial charge in [0.25, 0.3) is 5.91 Å². The Hall–Kier alpha value is -5.66. The zero-order chi connectivity index (χ0) is 32.4. The number of allylic oxidation sites excluding steroid dienone is 2. The molecule has 0 spiro atoms. The van der Waals surface area contributed by atoms with Crippen LogP contribution in [0, 0.1) is 11.3 Å². The molecule has 2 aliphatic rings. The Morgan fingerprint density at radius 2 is 1.81 bits per heavy atom. The molecule has 5 aromatic rings. The molecular formula is C37H35N9O. The van der Waals surface area contributed by atoms with Crippen molar-refractivity contribution in [3.8, 4) is 28.7 Å². The average Bonchev–Trinajstić information content (AvgIpc) is 3.50. The van der Waals surface area contributed by atoms with E-state index in [-0.39, 0.29) is 17.6 Å². The number of nitriles is 1. The highest BCUT2D eigenvalue weighted by molar-refractivity contribution is 5.96. The van der Waals surface area contributed by atoms with Crippen LogP contribution in [0.1, 0.15) is 42.2 Å². The Morgan fingerprint density at radius 1 is 1.02 bits per heavy atom. The summed E-state index contributed by atoms with van der Waals surface area (Å²) in [5.74, 6) is 0.928. The zero-order valence-electron chi connectivity index (χ0n) is 26.2. The van der Waals surface area contributed by atoms with Crippen LogP contribution in [-0.4, -0.2) is 61.0 Å². The standard InChI is InChI=1S/C37H35N9O/c1-37(17-13-25(14-18-37)24-45-21-15-27(16-22-45)42-36(47)28-9-5-19-40-32(28)23-38)46-34(29-10-6-20-41-33(29)39)44-31-12-11-30(43-35(31)46)26-7-3-2-4-8-26/h2-14,17,19-20,27H,15-16,18,21-22,24H2,1H3,(H2,39,41)(H,42,47). The van der Waals surface area contributed by atoms with Crippen LogP contribution < -0.4 is 11.1 Å². The van der Waals surface area contributed by atoms with Gasteiger partial charge >= 0.3 is 0 Å². The third kappa shape index (κ3) is 6.01. The largest absolute Gasteiger partial charge is 0.383 e. The molecule has 5 heterocycles. The fourth-order valence-electron chi connectivity index (χ4n) is 6.48. The smallest absolute Gasteiger partial charge is 0.254 e. The fraction of sp³-hybridized carbons (Fsp3) is 0.243. The molecule has 1 amide bonds. The predicted molar refractivity (Wildman–Crippen MR) is 182 cm³/mol. The molecule has 1 unspecified atom stereocenters. The van der Waals surface area contributed by atoms with Crippen LogP contribution >= 0.6 is 0 Å². The summed E-state index contributed by atoms with van der Waals surface area (Å²) in [4.78, 5) is 33.8. The molecule has 7 rings (SSSR count). The molecule has 0 radical (unpaired) electrons. The van der Waals surface area contributed by atoms with E-state index >= 15 is 0 Å². The minimum atomic E-state index is -0.440. The molecule has 1 atom stereocenters. The van der Waals surface area contributed by atoms with Crippen molar-refractivity contribution in [2.45, 2.75) is 37.8 Å². The number of nitrogens with zero attached hydrogens (tertiary/aromatic N) is 7. The quantitative estimate of drug-likeness (QED) is 0.243. The van der Waals surface area contributed by atoms with Crippen LogP contribution in [0.5, 0.6) is 0 Å². The lowest BCUT2D eigenvalue weighted by molar-refractivity contribution is 0.0913. The fourth-order valence-corrected chi connectivity index (χ4v) is 6.48. The first-order chi connectivity index (χ1) is 22.9. The number of likely N-dealkylation sites (tertiary alicyclic amines) is 1. The van der Waals surface area contributed by atoms with Crippen LogP contribution in [0.2, 0.25) is 0 Å². The van der Waals surface area contributed by atoms with E-state index in [1.54, 1.807) is 18.3 Å². The normalized spacial score (nSPS) is 18.5. The second-order valence-electron chi connectivity index (χ2n) is 12.3. The highest BCUT2D eigenvalue weighted by Crippen LogP contribution is 2.38. The molecular weight excluding hydrogens is 586 g/mol. The molecule has 10 heteroatoms. The van der Waals surface area contributed by atoms with Crippen molar-refractivity contribution in [3.05, 3.63) is 114 Å². The van der Waals surface area contributed by atoms with Gasteiger partial charge in [0.2, 0.25) is 0 Å². The number of benzene rings is 1. The van der Waals surface area contributed by atoms with Crippen LogP contribution in [0.4, 0.5) is 5.82 Å². The minimum Gasteiger partial charge on any atom is -0.383 e. The number of nitrogen functional groups attached to an aromatic ring is 1. The highest BCUT2D eigenvalue weighted by atomic mass is 16.1. The first-order valence-electron chi connectivity index (χ1n) is 15.8. The number of hydrogen-bond acceptors (Lipinski definition) is 8. The Kier molecular flexibility index (Phi) is 8.06. The number of pyridine rings is 3. The molecule has 1 fully saturated rings. The summed E-state index contributed by atoms with van der Waals surface area (Å²) in [5, 5.41) is 12.4. The zero-order valence-corrected chi connectivity index (χ0v) is 26.2. The number of aromatic nitrogens is 5. The number of amides is 1. The second kappa shape index (κ2) is 12.6. The number of carbonyl (C=O) groups is 1. The molecule has 3 N–H and O–H groups in total. The summed E-state index contributed by atoms with van der Waals surface area (Å²) >= 11 is 0. The number of hydrogen-bond donors (Lipinski definition) is 2. The van der Waals surface area contributed by atoms with E-state index < -0.39 is 5.54 Å². The van der Waals surface area contributed by atoms with E-state index in [9.17, 15) is 10.1 Å². The van der Waals surface area contributed by atoms with Crippen molar-refractivity contribution in [2.24, 2.45) is 0 Å². The first-order valence-corrected chi connectivity index (χ1v) is 15.8. The molecule has 1 aromatic carbocycles. The van der Waals surface area contributed by atoms with Crippen LogP contribution in [0.25, 0.3) is 33.8 Å². The summed E-state index contributed by atoms with van der Waals surface area (Å²) < 4.78 is 2.21. The molecule has 1 aliphatic heterocycles. The molecule has 1 saturated heterocycles. The maximum Gasteiger partial charge on any atom is 0.254 e. The van der Waals surface area contributed by atoms with Crippen molar-refractivity contribution >= 4 is 22.9 Å². The number of anilines is 1. The van der Waals surface area contributed by atoms with Crippen molar-refractivity contribution in [1.29, 1.82) is 5.26 Å². The van der Waals surface area contributed by atoms with E-state index in [1.807, 2.05) is 48.5 Å². The lowest BCUT2D eigenvalue weighted by atomic mass is 9.89. The van der Waals surface area contributed by atoms with Gasteiger partial charge in [-0.1, -0.05) is 48.6 Å². The van der Waals surface area contributed by atoms with Gasteiger partial charge in [0, 0.05) is 43.6 Å². The lowest BCUT2D eigenvalue weighted by Gasteiger charge is -2.35. The number of carbonyl (C=O) groups excluding carboxylic acids is 1. The topological polar surface area (TPSA) is 139 Å². The van der Waals surface area contributed by atoms with E-state index in [0.717, 1.165) is 72.7 Å². The Bertz CT molecular complexity index is 2050. The monoisotopic (exact) mass is 621 g/mol. The molecule has 4 aromatic heterocycles. The first kappa shape index (κ1) is 30.0. The van der Waals surface area contributed by atoms with Gasteiger partial charge in [-0.2, -0.15) is 5.26 Å². The summed E-state index contributed by atoms with van der Waals surface area (Å²) in [6.45, 7) is 4.78. The van der Waals surface area contributed by atoms with Gasteiger partial charge in [-0.15, -0.1) is 0 Å². The van der Waals surface area contributed by atoms with Crippen molar-refractivity contribution in [3.63, 3.8) is 0 Å². The summed E-state index contributed by atoms with van der Waals surface area (Å²) in [5.41, 5.74) is 12.0. The van der Waals surface area contributed by atoms with Crippen LogP contribution in [-0.2, 0) is 5.54 Å². The van der Waals surface area contributed by atoms with Gasteiger partial charge < -0.3 is 11.1 Å². The maximum absolute atomic E-state index is 12.8. The molecule has 0 saturated carbocycles. The minimum absolute atomic E-state index is 0.0609. The summed E-state index contributed by atoms with van der Waals surface area (Å²) in [6, 6.07) is 23.4. The molecule has 1 aliphatic carbocycles. The van der Waals surface area contributed by atoms with Crippen molar-refractivity contribution < 1.29 is 4.79 Å². The summed E-state index contributed by atoms with van der Waals surface area (Å²) in [7, 11) is 0. The lowest BCUT2D eigenvalue weighted by Crippen LogP contribution is -2.45. The van der Waals surface area contributed by atoms with E-state index in [1.165, 1.54) is 11.8 Å². The highest BCUT2D eigenvalue weighted by Gasteiger charge is 2.32. The number of rotatable bonds is 7. The average molecular weight is 622 g/mol. The van der Waals surface area contributed by atoms with Gasteiger partial charge in [-0.3, -0.25) is 14.3 Å². The number of piperidine rings is 1. The summed E-state index contributed by atoms with van der Waals surface area (Å²) in [6.07, 6.45) is 12.4. The van der Waals surface area contributed by atoms with Crippen LogP contribution in [0.15, 0.2) is 103 Å². The molecule has 0 bridgehead atoms. The Balaban J connectivity index is 1.09. The van der Waals surface area contributed by atoms with E-state index in [0.29, 0.717) is 11.4 Å². The number of nitrogens with two attached hydrogens (primary N) is 1.